The topological polar surface area (TPSA) is 26.0 Å². The van der Waals surface area contributed by atoms with Crippen LogP contribution in [0, 0.1) is 16.7 Å². The van der Waals surface area contributed by atoms with Gasteiger partial charge in [-0.2, -0.15) is 0 Å². The largest absolute Gasteiger partial charge is 0.330 e. The van der Waals surface area contributed by atoms with E-state index in [0.717, 1.165) is 12.5 Å². The summed E-state index contributed by atoms with van der Waals surface area (Å²) >= 11 is 0. The first-order chi connectivity index (χ1) is 7.90. The van der Waals surface area contributed by atoms with E-state index in [0.29, 0.717) is 5.41 Å². The monoisotopic (exact) mass is 233 g/mol. The highest BCUT2D eigenvalue weighted by Gasteiger charge is 2.38. The molecule has 0 fully saturated rings. The van der Waals surface area contributed by atoms with Gasteiger partial charge in [-0.3, -0.25) is 0 Å². The molecule has 0 spiro atoms. The minimum Gasteiger partial charge on any atom is -0.330 e. The van der Waals surface area contributed by atoms with Gasteiger partial charge in [-0.1, -0.05) is 51.0 Å². The highest BCUT2D eigenvalue weighted by atomic mass is 14.6. The van der Waals surface area contributed by atoms with Crippen LogP contribution in [-0.4, -0.2) is 6.54 Å². The molecular weight excluding hydrogens is 206 g/mol. The minimum atomic E-state index is 0.223. The molecule has 2 N–H and O–H groups in total. The molecule has 0 amide bonds. The lowest BCUT2D eigenvalue weighted by molar-refractivity contribution is 0.298. The molecule has 2 rings (SSSR count). The summed E-state index contributed by atoms with van der Waals surface area (Å²) in [6, 6.07) is 0. The summed E-state index contributed by atoms with van der Waals surface area (Å²) in [7, 11) is 0. The van der Waals surface area contributed by atoms with Gasteiger partial charge in [-0.25, -0.2) is 0 Å². The zero-order chi connectivity index (χ0) is 12.7. The summed E-state index contributed by atoms with van der Waals surface area (Å²) in [5.41, 5.74) is 9.97. The Morgan fingerprint density at radius 1 is 1.47 bits per heavy atom. The molecule has 0 aromatic rings. The Hall–Kier alpha value is -0.560. The zero-order valence-corrected chi connectivity index (χ0v) is 11.8. The normalized spacial score (nSPS) is 29.6. The van der Waals surface area contributed by atoms with Gasteiger partial charge in [0.1, 0.15) is 0 Å². The zero-order valence-electron chi connectivity index (χ0n) is 11.8. The summed E-state index contributed by atoms with van der Waals surface area (Å²) in [4.78, 5) is 0. The Bertz CT molecular complexity index is 362. The van der Waals surface area contributed by atoms with Crippen LogP contribution in [0.15, 0.2) is 23.3 Å². The SMILES string of the molecule is CCC1CC=C1C(C)(CN)CC1=CC(C)(C)C1. The van der Waals surface area contributed by atoms with E-state index >= 15 is 0 Å². The van der Waals surface area contributed by atoms with Crippen LogP contribution in [0.5, 0.6) is 0 Å². The number of hydrogen-bond acceptors (Lipinski definition) is 1. The molecule has 0 aliphatic heterocycles. The van der Waals surface area contributed by atoms with Crippen molar-refractivity contribution in [3.05, 3.63) is 23.3 Å². The molecule has 0 saturated heterocycles. The second kappa shape index (κ2) is 4.28. The van der Waals surface area contributed by atoms with Crippen LogP contribution in [0.25, 0.3) is 0 Å². The van der Waals surface area contributed by atoms with Crippen molar-refractivity contribution in [1.82, 2.24) is 0 Å². The Kier molecular flexibility index (Phi) is 3.24. The van der Waals surface area contributed by atoms with Gasteiger partial charge in [-0.15, -0.1) is 0 Å². The maximum atomic E-state index is 6.06. The van der Waals surface area contributed by atoms with Gasteiger partial charge in [0, 0.05) is 12.0 Å². The van der Waals surface area contributed by atoms with Gasteiger partial charge in [0.05, 0.1) is 0 Å². The van der Waals surface area contributed by atoms with Gasteiger partial charge in [0.25, 0.3) is 0 Å². The quantitative estimate of drug-likeness (QED) is 0.712. The average Bonchev–Trinajstić information content (AvgIpc) is 2.13. The van der Waals surface area contributed by atoms with Crippen LogP contribution >= 0.6 is 0 Å². The van der Waals surface area contributed by atoms with E-state index in [1.165, 1.54) is 25.7 Å². The van der Waals surface area contributed by atoms with Gasteiger partial charge < -0.3 is 5.73 Å². The van der Waals surface area contributed by atoms with Crippen LogP contribution in [-0.2, 0) is 0 Å². The van der Waals surface area contributed by atoms with E-state index in [1.54, 1.807) is 11.1 Å². The molecule has 1 nitrogen and oxygen atoms in total. The maximum absolute atomic E-state index is 6.06. The minimum absolute atomic E-state index is 0.223. The Balaban J connectivity index is 2.06. The van der Waals surface area contributed by atoms with Gasteiger partial charge in [0.2, 0.25) is 0 Å². The maximum Gasteiger partial charge on any atom is 0.00461 e. The Morgan fingerprint density at radius 2 is 2.12 bits per heavy atom. The molecular formula is C16H27N. The molecule has 0 saturated carbocycles. The standard InChI is InChI=1S/C16H27N/c1-5-13-6-7-14(13)16(4,11-17)10-12-8-15(2,3)9-12/h7-8,13H,5-6,9-11,17H2,1-4H3. The summed E-state index contributed by atoms with van der Waals surface area (Å²) in [6.07, 6.45) is 9.84. The van der Waals surface area contributed by atoms with Crippen molar-refractivity contribution >= 4 is 0 Å². The lowest BCUT2D eigenvalue weighted by Gasteiger charge is -2.44. The fourth-order valence-corrected chi connectivity index (χ4v) is 3.54. The summed E-state index contributed by atoms with van der Waals surface area (Å²) in [5.74, 6) is 0.803. The third-order valence-electron chi connectivity index (χ3n) is 4.60. The van der Waals surface area contributed by atoms with Crippen molar-refractivity contribution in [3.8, 4) is 0 Å². The Morgan fingerprint density at radius 3 is 2.47 bits per heavy atom. The molecule has 2 unspecified atom stereocenters. The molecule has 0 heterocycles. The van der Waals surface area contributed by atoms with E-state index < -0.39 is 0 Å². The number of allylic oxidation sites excluding steroid dienone is 3. The highest BCUT2D eigenvalue weighted by Crippen LogP contribution is 2.49. The highest BCUT2D eigenvalue weighted by molar-refractivity contribution is 5.31. The van der Waals surface area contributed by atoms with Crippen molar-refractivity contribution in [3.63, 3.8) is 0 Å². The molecule has 0 aromatic heterocycles. The molecule has 0 radical (unpaired) electrons. The summed E-state index contributed by atoms with van der Waals surface area (Å²) in [5, 5.41) is 0. The van der Waals surface area contributed by atoms with E-state index in [1.807, 2.05) is 0 Å². The third-order valence-corrected chi connectivity index (χ3v) is 4.60. The van der Waals surface area contributed by atoms with Crippen LogP contribution in [0.3, 0.4) is 0 Å². The van der Waals surface area contributed by atoms with E-state index in [4.69, 9.17) is 5.73 Å². The van der Waals surface area contributed by atoms with Crippen LogP contribution in [0.1, 0.15) is 53.4 Å². The van der Waals surface area contributed by atoms with Crippen molar-refractivity contribution in [2.24, 2.45) is 22.5 Å². The van der Waals surface area contributed by atoms with Gasteiger partial charge in [0.15, 0.2) is 0 Å². The van der Waals surface area contributed by atoms with Gasteiger partial charge >= 0.3 is 0 Å². The Labute approximate surface area is 106 Å². The van der Waals surface area contributed by atoms with E-state index in [2.05, 4.69) is 39.8 Å². The first kappa shape index (κ1) is 12.9. The molecule has 2 atom stereocenters. The predicted octanol–water partition coefficient (Wildman–Crippen LogP) is 4.05. The predicted molar refractivity (Wildman–Crippen MR) is 74.7 cm³/mol. The van der Waals surface area contributed by atoms with Crippen molar-refractivity contribution in [2.45, 2.75) is 53.4 Å². The van der Waals surface area contributed by atoms with Gasteiger partial charge in [-0.05, 0) is 37.0 Å². The lowest BCUT2D eigenvalue weighted by atomic mass is 9.62. The molecule has 2 aliphatic rings. The van der Waals surface area contributed by atoms with Crippen LogP contribution in [0.2, 0.25) is 0 Å². The number of nitrogens with two attached hydrogens (primary N) is 1. The molecule has 96 valence electrons. The fourth-order valence-electron chi connectivity index (χ4n) is 3.54. The lowest BCUT2D eigenvalue weighted by Crippen LogP contribution is -2.37. The second-order valence-electron chi connectivity index (χ2n) is 6.91. The van der Waals surface area contributed by atoms with E-state index in [9.17, 15) is 0 Å². The first-order valence-electron chi connectivity index (χ1n) is 7.01. The van der Waals surface area contributed by atoms with E-state index in [-0.39, 0.29) is 5.41 Å². The van der Waals surface area contributed by atoms with Crippen LogP contribution in [0.4, 0.5) is 0 Å². The van der Waals surface area contributed by atoms with Crippen molar-refractivity contribution < 1.29 is 0 Å². The average molecular weight is 233 g/mol. The molecule has 1 heteroatoms. The molecule has 0 bridgehead atoms. The van der Waals surface area contributed by atoms with Crippen molar-refractivity contribution in [2.75, 3.05) is 6.54 Å². The summed E-state index contributed by atoms with van der Waals surface area (Å²) < 4.78 is 0. The fraction of sp³-hybridized carbons (Fsp3) is 0.750. The number of rotatable bonds is 5. The molecule has 2 aliphatic carbocycles. The second-order valence-corrected chi connectivity index (χ2v) is 6.91. The third kappa shape index (κ3) is 2.35. The molecule has 0 aromatic carbocycles. The molecule has 17 heavy (non-hydrogen) atoms. The number of hydrogen-bond donors (Lipinski definition) is 1. The smallest absolute Gasteiger partial charge is 0.00461 e. The summed E-state index contributed by atoms with van der Waals surface area (Å²) in [6.45, 7) is 10.1. The van der Waals surface area contributed by atoms with Crippen molar-refractivity contribution in [1.29, 1.82) is 0 Å². The first-order valence-corrected chi connectivity index (χ1v) is 7.01. The van der Waals surface area contributed by atoms with Crippen LogP contribution < -0.4 is 5.73 Å².